The smallest absolute Gasteiger partial charge is 0.256 e. The maximum absolute atomic E-state index is 14.4. The van der Waals surface area contributed by atoms with E-state index in [2.05, 4.69) is 50.1 Å². The van der Waals surface area contributed by atoms with Gasteiger partial charge in [-0.25, -0.2) is 17.8 Å². The number of halogens is 1. The average Bonchev–Trinajstić information content (AvgIpc) is 1.55. The fourth-order valence-electron chi connectivity index (χ4n) is 19.4. The molecule has 0 N–H and O–H groups in total. The second-order valence-corrected chi connectivity index (χ2v) is 36.3. The van der Waals surface area contributed by atoms with Gasteiger partial charge in [0, 0.05) is 171 Å². The van der Waals surface area contributed by atoms with E-state index in [1.807, 2.05) is 217 Å². The van der Waals surface area contributed by atoms with Crippen molar-refractivity contribution in [3.05, 3.63) is 281 Å². The molecule has 0 radical (unpaired) electrons. The Morgan fingerprint density at radius 2 is 0.977 bits per heavy atom. The summed E-state index contributed by atoms with van der Waals surface area (Å²) in [7, 11) is 3.73. The first-order valence-electron chi connectivity index (χ1n) is 43.3. The van der Waals surface area contributed by atoms with Gasteiger partial charge in [-0.2, -0.15) is 20.7 Å². The highest BCUT2D eigenvalue weighted by atomic mass is 32.2. The molecule has 13 aromatic rings. The van der Waals surface area contributed by atoms with Gasteiger partial charge in [-0.1, -0.05) is 54.6 Å². The molecule has 4 spiro atoms. The van der Waals surface area contributed by atoms with E-state index in [1.54, 1.807) is 46.5 Å². The summed E-state index contributed by atoms with van der Waals surface area (Å²) in [5.41, 5.74) is 12.6. The number of carbonyl (C=O) groups is 4. The van der Waals surface area contributed by atoms with Crippen molar-refractivity contribution in [3.63, 3.8) is 0 Å². The molecule has 0 atom stereocenters. The summed E-state index contributed by atoms with van der Waals surface area (Å²) in [6, 6.07) is 63.7. The third-order valence-electron chi connectivity index (χ3n) is 25.7. The van der Waals surface area contributed by atoms with Gasteiger partial charge in [-0.05, 0) is 167 Å². The van der Waals surface area contributed by atoms with E-state index < -0.39 is 38.1 Å². The minimum absolute atomic E-state index is 0.00521. The van der Waals surface area contributed by atoms with Crippen molar-refractivity contribution < 1.29 is 65.1 Å². The first-order chi connectivity index (χ1) is 62.2. The van der Waals surface area contributed by atoms with Crippen LogP contribution in [0.5, 0.6) is 40.2 Å². The van der Waals surface area contributed by atoms with E-state index in [9.17, 15) is 42.5 Å². The Bertz CT molecular complexity index is 6770. The summed E-state index contributed by atoms with van der Waals surface area (Å²) in [6.45, 7) is 11.7. The number of hydrogen-bond acceptors (Lipinski definition) is 18. The van der Waals surface area contributed by atoms with Crippen molar-refractivity contribution in [2.45, 2.75) is 119 Å². The Morgan fingerprint density at radius 3 is 1.51 bits per heavy atom. The van der Waals surface area contributed by atoms with Crippen LogP contribution in [0.2, 0.25) is 0 Å². The Kier molecular flexibility index (Phi) is 22.5. The molecule has 4 saturated heterocycles. The number of hydrogen-bond donors (Lipinski definition) is 0. The summed E-state index contributed by atoms with van der Waals surface area (Å²) in [6.07, 6.45) is 13.8. The number of fused-ring (bicyclic) bond motifs is 17. The molecule has 8 aromatic carbocycles. The van der Waals surface area contributed by atoms with Crippen molar-refractivity contribution in [3.8, 4) is 86.3 Å². The van der Waals surface area contributed by atoms with Gasteiger partial charge in [0.1, 0.15) is 68.4 Å². The highest BCUT2D eigenvalue weighted by molar-refractivity contribution is 7.90. The molecule has 0 unspecified atom stereocenters. The predicted octanol–water partition coefficient (Wildman–Crippen LogP) is 16.0. The fraction of sp³-hybridized carbons (Fsp3) is 0.310. The van der Waals surface area contributed by atoms with Crippen LogP contribution in [0.15, 0.2) is 224 Å². The molecule has 4 fully saturated rings. The van der Waals surface area contributed by atoms with Crippen molar-refractivity contribution in [2.75, 3.05) is 65.7 Å². The fourth-order valence-corrected chi connectivity index (χ4v) is 20.2. The molecule has 13 heterocycles. The monoisotopic (exact) mass is 1750 g/mol. The second kappa shape index (κ2) is 34.0. The number of methoxy groups -OCH3 is 1. The molecule has 5 aromatic heterocycles. The lowest BCUT2D eigenvalue weighted by atomic mass is 9.81. The molecule has 21 rings (SSSR count). The lowest BCUT2D eigenvalue weighted by molar-refractivity contribution is -0.00981. The number of nitrogens with zero attached hydrogens (tertiary/aromatic N) is 14. The van der Waals surface area contributed by atoms with Gasteiger partial charge < -0.3 is 61.9 Å². The summed E-state index contributed by atoms with van der Waals surface area (Å²) < 4.78 is 91.0. The lowest BCUT2D eigenvalue weighted by Crippen LogP contribution is -2.50. The summed E-state index contributed by atoms with van der Waals surface area (Å²) in [5, 5.41) is 28.3. The average molecular weight is 1750 g/mol. The number of carbonyl (C=O) groups excluding carboxylic acids is 4. The van der Waals surface area contributed by atoms with Gasteiger partial charge in [0.15, 0.2) is 32.6 Å². The van der Waals surface area contributed by atoms with Crippen LogP contribution in [0.1, 0.15) is 154 Å². The van der Waals surface area contributed by atoms with Gasteiger partial charge >= 0.3 is 0 Å². The molecule has 0 bridgehead atoms. The molecule has 129 heavy (non-hydrogen) atoms. The number of ether oxygens (including phenoxy) is 7. The van der Waals surface area contributed by atoms with Crippen molar-refractivity contribution in [2.24, 2.45) is 21.1 Å². The number of aryl methyl sites for hydroxylation is 3. The van der Waals surface area contributed by atoms with Crippen LogP contribution in [0.25, 0.3) is 44.9 Å². The minimum Gasteiger partial charge on any atom is -0.495 e. The normalized spacial score (nSPS) is 16.4. The number of rotatable bonds is 10. The molecule has 4 amide bonds. The van der Waals surface area contributed by atoms with Gasteiger partial charge in [0.25, 0.3) is 23.6 Å². The van der Waals surface area contributed by atoms with E-state index in [-0.39, 0.29) is 52.2 Å². The maximum atomic E-state index is 14.4. The van der Waals surface area contributed by atoms with Crippen LogP contribution in [-0.4, -0.2) is 168 Å². The van der Waals surface area contributed by atoms with Crippen LogP contribution in [0.4, 0.5) is 4.39 Å². The number of para-hydroxylation sites is 7. The molecule has 27 nitrogen and oxygen atoms in total. The Balaban J connectivity index is 0.000000116. The Labute approximate surface area is 746 Å². The van der Waals surface area contributed by atoms with E-state index in [0.717, 1.165) is 110 Å². The van der Waals surface area contributed by atoms with E-state index in [0.29, 0.717) is 130 Å². The number of nitriles is 2. The zero-order chi connectivity index (χ0) is 90.0. The minimum atomic E-state index is -3.53. The summed E-state index contributed by atoms with van der Waals surface area (Å²) in [5.74, 6) is 3.21. The van der Waals surface area contributed by atoms with Gasteiger partial charge in [0.2, 0.25) is 0 Å². The first kappa shape index (κ1) is 85.3. The molecule has 29 heteroatoms. The van der Waals surface area contributed by atoms with Crippen molar-refractivity contribution in [1.29, 1.82) is 10.5 Å². The van der Waals surface area contributed by atoms with Crippen LogP contribution in [0, 0.1) is 28.5 Å². The molecular weight excluding hydrogens is 1660 g/mol. The third-order valence-corrected chi connectivity index (χ3v) is 26.9. The number of imidazole rings is 1. The van der Waals surface area contributed by atoms with E-state index in [4.69, 9.17) is 33.2 Å². The first-order valence-corrected chi connectivity index (χ1v) is 45.2. The lowest BCUT2D eigenvalue weighted by Gasteiger charge is -2.45. The molecule has 8 aliphatic rings. The van der Waals surface area contributed by atoms with Crippen molar-refractivity contribution >= 4 is 44.5 Å². The van der Waals surface area contributed by atoms with Crippen LogP contribution >= 0.6 is 0 Å². The number of likely N-dealkylation sites (tertiary alicyclic amines) is 4. The Morgan fingerprint density at radius 1 is 0.488 bits per heavy atom. The topological polar surface area (TPSA) is 291 Å². The van der Waals surface area contributed by atoms with Crippen LogP contribution in [-0.2, 0) is 53.4 Å². The number of piperidine rings is 4. The van der Waals surface area contributed by atoms with E-state index >= 15 is 0 Å². The molecule has 0 saturated carbocycles. The molecular formula is C100H97FN14O13S. The maximum Gasteiger partial charge on any atom is 0.256 e. The summed E-state index contributed by atoms with van der Waals surface area (Å²) >= 11 is 0. The molecule has 658 valence electrons. The van der Waals surface area contributed by atoms with Crippen molar-refractivity contribution in [1.82, 2.24) is 57.8 Å². The van der Waals surface area contributed by atoms with Crippen LogP contribution < -0.4 is 33.2 Å². The van der Waals surface area contributed by atoms with Crippen LogP contribution in [0.3, 0.4) is 0 Å². The highest BCUT2D eigenvalue weighted by Gasteiger charge is 2.51. The third kappa shape index (κ3) is 15.6. The number of aromatic nitrogens is 8. The molecule has 8 aliphatic heterocycles. The highest BCUT2D eigenvalue weighted by Crippen LogP contribution is 2.53. The van der Waals surface area contributed by atoms with E-state index in [1.165, 1.54) is 31.4 Å². The zero-order valence-electron chi connectivity index (χ0n) is 73.1. The summed E-state index contributed by atoms with van der Waals surface area (Å²) in [4.78, 5) is 64.6. The number of sulfone groups is 1. The number of amides is 4. The number of benzene rings is 8. The van der Waals surface area contributed by atoms with Gasteiger partial charge in [-0.3, -0.25) is 33.1 Å². The van der Waals surface area contributed by atoms with Gasteiger partial charge in [0.05, 0.1) is 99.9 Å². The SMILES string of the molecule is CC(C)Oc1ccc(C(=O)N2CCC3(CC2)Oc2ccccc2-c2c3cnn2C)c(C#N)c1.CC(C)Oc1ccc(C(=O)N2CCC3(CC2)Oc2ccccc2-n2c(C#N)ccc23)cc1F.COc1ccc(C(=O)N2CCC3(CC2)Oc2ccccc2-n2cccc23)cc1S(C)(=O)=O.Cn1ncc2c1-c1ccccc1OC21CCN(C(=O)c2cccc3ncn(C)c23)CC1. The van der Waals surface area contributed by atoms with Gasteiger partial charge in [-0.15, -0.1) is 0 Å². The predicted molar refractivity (Wildman–Crippen MR) is 479 cm³/mol. The second-order valence-electron chi connectivity index (χ2n) is 34.3. The largest absolute Gasteiger partial charge is 0.495 e. The Hall–Kier alpha value is -14.5. The standard InChI is InChI=1S/C26H24FN3O3.C26H26N4O3.C24H23N5O2.C24H24N2O5S/c1-17(2)32-22-9-7-18(15-20(22)27)25(31)29-13-11-26(12-14-29)24-10-8-19(16-28)30(24)21-5-3-4-6-23(21)33-26;1-17(2)32-19-8-9-20(18(14-19)15-27)25(31)30-12-10-26(11-13-30)22-16-28-29(3)24(22)21-6-4-5-7-23(21)33-26;1-27-15-25-19-8-5-7-17(22(19)27)23(30)29-12-10-24(11-13-29)18-14-26-28(2)21(18)16-6-3-4-9-20(16)31-24;1-30-20-10-9-17(16-21(20)32(2,28)29)23(27)25-14-11-24(12-15-25)22-8-5-13-26(22)18-6-3-4-7-19(18)31-24/h3-10,15,17H,11-14H2,1-2H3;4-9,14,16-17H,10-13H2,1-3H3;3-9,14-15H,10-13H2,1-2H3;3-10,13,16H,11-12,14-15H2,1-2H3. The quantitative estimate of drug-likeness (QED) is 0.123. The molecule has 0 aliphatic carbocycles. The zero-order valence-corrected chi connectivity index (χ0v) is 73.9.